The summed E-state index contributed by atoms with van der Waals surface area (Å²) in [5, 5.41) is 8.35. The number of rotatable bonds is 4. The van der Waals surface area contributed by atoms with Crippen molar-refractivity contribution in [1.29, 1.82) is 0 Å². The van der Waals surface area contributed by atoms with Crippen LogP contribution >= 0.6 is 0 Å². The van der Waals surface area contributed by atoms with Gasteiger partial charge in [0, 0.05) is 19.2 Å². The van der Waals surface area contributed by atoms with E-state index in [9.17, 15) is 4.79 Å². The molecule has 3 nitrogen and oxygen atoms in total. The van der Waals surface area contributed by atoms with Gasteiger partial charge in [0.25, 0.3) is 0 Å². The summed E-state index contributed by atoms with van der Waals surface area (Å²) in [7, 11) is 1.98. The van der Waals surface area contributed by atoms with Crippen molar-refractivity contribution < 1.29 is 9.90 Å². The third-order valence-electron chi connectivity index (χ3n) is 1.42. The highest BCUT2D eigenvalue weighted by Gasteiger charge is 2.12. The monoisotopic (exact) mass is 185 g/mol. The number of hydrogen-bond donors (Lipinski definition) is 1. The molecule has 0 heterocycles. The van der Waals surface area contributed by atoms with E-state index in [0.29, 0.717) is 6.54 Å². The maximum atomic E-state index is 10.2. The Kier molecular flexibility index (Phi) is 4.70. The van der Waals surface area contributed by atoms with Gasteiger partial charge in [-0.05, 0) is 12.5 Å². The zero-order valence-electron chi connectivity index (χ0n) is 8.87. The van der Waals surface area contributed by atoms with E-state index >= 15 is 0 Å². The molecule has 0 spiro atoms. The average molecular weight is 185 g/mol. The van der Waals surface area contributed by atoms with E-state index in [2.05, 4.69) is 25.7 Å². The first-order chi connectivity index (χ1) is 5.81. The largest absolute Gasteiger partial charge is 0.478 e. The number of carboxylic acid groups (broad SMARTS) is 1. The molecule has 76 valence electrons. The third-order valence-corrected chi connectivity index (χ3v) is 1.42. The van der Waals surface area contributed by atoms with Gasteiger partial charge in [-0.1, -0.05) is 26.8 Å². The van der Waals surface area contributed by atoms with Crippen LogP contribution in [0, 0.1) is 5.41 Å². The average Bonchev–Trinajstić information content (AvgIpc) is 1.81. The summed E-state index contributed by atoms with van der Waals surface area (Å²) in [6.45, 7) is 8.11. The lowest BCUT2D eigenvalue weighted by atomic mass is 9.96. The Morgan fingerprint density at radius 1 is 1.46 bits per heavy atom. The molecule has 0 saturated carbocycles. The molecule has 3 heteroatoms. The Bertz CT molecular complexity index is 192. The maximum Gasteiger partial charge on any atom is 0.328 e. The van der Waals surface area contributed by atoms with Crippen LogP contribution in [0.1, 0.15) is 20.8 Å². The molecular formula is C10H19NO2. The summed E-state index contributed by atoms with van der Waals surface area (Å²) in [6, 6.07) is 0. The van der Waals surface area contributed by atoms with Crippen LogP contribution in [-0.2, 0) is 4.79 Å². The van der Waals surface area contributed by atoms with Gasteiger partial charge < -0.3 is 10.0 Å². The topological polar surface area (TPSA) is 40.5 Å². The Morgan fingerprint density at radius 3 is 2.38 bits per heavy atom. The number of aliphatic carboxylic acids is 1. The van der Waals surface area contributed by atoms with Crippen LogP contribution < -0.4 is 0 Å². The van der Waals surface area contributed by atoms with Gasteiger partial charge in [0.2, 0.25) is 0 Å². The van der Waals surface area contributed by atoms with Crippen LogP contribution in [0.5, 0.6) is 0 Å². The highest BCUT2D eigenvalue weighted by Crippen LogP contribution is 2.13. The smallest absolute Gasteiger partial charge is 0.328 e. The summed E-state index contributed by atoms with van der Waals surface area (Å²) >= 11 is 0. The van der Waals surface area contributed by atoms with Gasteiger partial charge in [-0.3, -0.25) is 0 Å². The van der Waals surface area contributed by atoms with E-state index < -0.39 is 5.97 Å². The van der Waals surface area contributed by atoms with Crippen molar-refractivity contribution in [2.24, 2.45) is 5.41 Å². The molecule has 0 aromatic rings. The maximum absolute atomic E-state index is 10.2. The number of carboxylic acids is 1. The van der Waals surface area contributed by atoms with Crippen LogP contribution in [0.4, 0.5) is 0 Å². The number of nitrogens with zero attached hydrogens (tertiary/aromatic N) is 1. The van der Waals surface area contributed by atoms with Crippen molar-refractivity contribution in [2.45, 2.75) is 20.8 Å². The molecule has 0 saturated heterocycles. The molecule has 0 fully saturated rings. The summed E-state index contributed by atoms with van der Waals surface area (Å²) < 4.78 is 0. The van der Waals surface area contributed by atoms with Crippen LogP contribution in [0.2, 0.25) is 0 Å². The molecular weight excluding hydrogens is 166 g/mol. The second-order valence-electron chi connectivity index (χ2n) is 4.50. The van der Waals surface area contributed by atoms with Gasteiger partial charge in [-0.25, -0.2) is 4.79 Å². The standard InChI is InChI=1S/C10H19NO2/c1-10(2,3)8-11(4)7-5-6-9(12)13/h5-6H,7-8H2,1-4H3,(H,12,13). The minimum atomic E-state index is -0.885. The van der Waals surface area contributed by atoms with E-state index in [1.807, 2.05) is 7.05 Å². The van der Waals surface area contributed by atoms with Crippen molar-refractivity contribution in [3.8, 4) is 0 Å². The minimum absolute atomic E-state index is 0.256. The van der Waals surface area contributed by atoms with E-state index in [1.165, 1.54) is 6.08 Å². The van der Waals surface area contributed by atoms with Crippen LogP contribution in [-0.4, -0.2) is 36.1 Å². The van der Waals surface area contributed by atoms with Gasteiger partial charge in [0.05, 0.1) is 0 Å². The molecule has 0 aliphatic carbocycles. The van der Waals surface area contributed by atoms with Gasteiger partial charge in [-0.15, -0.1) is 0 Å². The second-order valence-corrected chi connectivity index (χ2v) is 4.50. The fourth-order valence-corrected chi connectivity index (χ4v) is 1.21. The first kappa shape index (κ1) is 12.2. The van der Waals surface area contributed by atoms with Crippen molar-refractivity contribution in [3.63, 3.8) is 0 Å². The molecule has 1 N–H and O–H groups in total. The lowest BCUT2D eigenvalue weighted by molar-refractivity contribution is -0.131. The molecule has 0 bridgehead atoms. The third kappa shape index (κ3) is 9.08. The van der Waals surface area contributed by atoms with Crippen molar-refractivity contribution in [2.75, 3.05) is 20.1 Å². The molecule has 0 aliphatic rings. The van der Waals surface area contributed by atoms with Crippen LogP contribution in [0.3, 0.4) is 0 Å². The molecule has 0 aliphatic heterocycles. The summed E-state index contributed by atoms with van der Waals surface area (Å²) in [4.78, 5) is 12.3. The Hall–Kier alpha value is -0.830. The molecule has 0 atom stereocenters. The fraction of sp³-hybridized carbons (Fsp3) is 0.700. The molecule has 0 amide bonds. The van der Waals surface area contributed by atoms with Gasteiger partial charge >= 0.3 is 5.97 Å². The van der Waals surface area contributed by atoms with Crippen LogP contribution in [0.25, 0.3) is 0 Å². The van der Waals surface area contributed by atoms with Crippen molar-refractivity contribution in [3.05, 3.63) is 12.2 Å². The SMILES string of the molecule is CN(CC=CC(=O)O)CC(C)(C)C. The van der Waals surface area contributed by atoms with Crippen LogP contribution in [0.15, 0.2) is 12.2 Å². The minimum Gasteiger partial charge on any atom is -0.478 e. The quantitative estimate of drug-likeness (QED) is 0.676. The lowest BCUT2D eigenvalue weighted by Gasteiger charge is -2.25. The van der Waals surface area contributed by atoms with E-state index in [1.54, 1.807) is 6.08 Å². The molecule has 0 aromatic carbocycles. The van der Waals surface area contributed by atoms with Gasteiger partial charge in [-0.2, -0.15) is 0 Å². The zero-order valence-corrected chi connectivity index (χ0v) is 8.87. The highest BCUT2D eigenvalue weighted by atomic mass is 16.4. The number of likely N-dealkylation sites (N-methyl/N-ethyl adjacent to an activating group) is 1. The Balaban J connectivity index is 3.76. The predicted octanol–water partition coefficient (Wildman–Crippen LogP) is 1.61. The summed E-state index contributed by atoms with van der Waals surface area (Å²) in [5.41, 5.74) is 0.256. The summed E-state index contributed by atoms with van der Waals surface area (Å²) in [5.74, 6) is -0.885. The number of hydrogen-bond acceptors (Lipinski definition) is 2. The van der Waals surface area contributed by atoms with E-state index in [4.69, 9.17) is 5.11 Å². The normalized spacial score (nSPS) is 12.7. The number of carbonyl (C=O) groups is 1. The summed E-state index contributed by atoms with van der Waals surface area (Å²) in [6.07, 6.45) is 2.84. The van der Waals surface area contributed by atoms with Crippen molar-refractivity contribution in [1.82, 2.24) is 4.90 Å². The molecule has 13 heavy (non-hydrogen) atoms. The van der Waals surface area contributed by atoms with Crippen molar-refractivity contribution >= 4 is 5.97 Å². The van der Waals surface area contributed by atoms with Gasteiger partial charge in [0.1, 0.15) is 0 Å². The lowest BCUT2D eigenvalue weighted by Crippen LogP contribution is -2.29. The molecule has 0 aromatic heterocycles. The predicted molar refractivity (Wildman–Crippen MR) is 53.7 cm³/mol. The first-order valence-corrected chi connectivity index (χ1v) is 4.39. The second kappa shape index (κ2) is 5.02. The zero-order chi connectivity index (χ0) is 10.5. The fourth-order valence-electron chi connectivity index (χ4n) is 1.21. The highest BCUT2D eigenvalue weighted by molar-refractivity contribution is 5.79. The van der Waals surface area contributed by atoms with E-state index in [0.717, 1.165) is 6.54 Å². The molecule has 0 radical (unpaired) electrons. The molecule has 0 unspecified atom stereocenters. The Labute approximate surface area is 80.0 Å². The van der Waals surface area contributed by atoms with Gasteiger partial charge in [0.15, 0.2) is 0 Å². The first-order valence-electron chi connectivity index (χ1n) is 4.39. The molecule has 0 rings (SSSR count). The Morgan fingerprint density at radius 2 is 2.00 bits per heavy atom. The van der Waals surface area contributed by atoms with E-state index in [-0.39, 0.29) is 5.41 Å².